The van der Waals surface area contributed by atoms with Gasteiger partial charge in [-0.25, -0.2) is 0 Å². The van der Waals surface area contributed by atoms with Crippen LogP contribution in [0.25, 0.3) is 0 Å². The normalized spacial score (nSPS) is 25.4. The van der Waals surface area contributed by atoms with Crippen LogP contribution in [-0.2, 0) is 4.79 Å². The molecule has 116 valence electrons. The third-order valence-corrected chi connectivity index (χ3v) is 4.26. The summed E-state index contributed by atoms with van der Waals surface area (Å²) in [5.74, 6) is -1.05. The molecule has 1 aliphatic rings. The predicted octanol–water partition coefficient (Wildman–Crippen LogP) is 2.17. The third-order valence-electron chi connectivity index (χ3n) is 4.26. The van der Waals surface area contributed by atoms with Crippen molar-refractivity contribution in [3.8, 4) is 0 Å². The molecule has 1 aromatic carbocycles. The average Bonchev–Trinajstić information content (AvgIpc) is 2.46. The van der Waals surface area contributed by atoms with E-state index in [0.29, 0.717) is 32.2 Å². The molecule has 0 aromatic heterocycles. The minimum Gasteiger partial charge on any atom is -0.481 e. The predicted molar refractivity (Wildman–Crippen MR) is 83.8 cm³/mol. The zero-order valence-corrected chi connectivity index (χ0v) is 12.7. The van der Waals surface area contributed by atoms with Crippen LogP contribution < -0.4 is 10.2 Å². The highest BCUT2D eigenvalue weighted by molar-refractivity contribution is 5.70. The van der Waals surface area contributed by atoms with Crippen LogP contribution in [0.4, 0.5) is 11.4 Å². The topological polar surface area (TPSA) is 72.8 Å². The summed E-state index contributed by atoms with van der Waals surface area (Å²) in [5, 5.41) is 22.9. The highest BCUT2D eigenvalue weighted by Gasteiger charge is 2.35. The number of anilines is 2. The lowest BCUT2D eigenvalue weighted by atomic mass is 9.79. The van der Waals surface area contributed by atoms with Gasteiger partial charge in [-0.3, -0.25) is 4.79 Å². The van der Waals surface area contributed by atoms with Crippen molar-refractivity contribution in [3.05, 3.63) is 24.3 Å². The summed E-state index contributed by atoms with van der Waals surface area (Å²) < 4.78 is 0. The van der Waals surface area contributed by atoms with Crippen LogP contribution in [0.2, 0.25) is 0 Å². The summed E-state index contributed by atoms with van der Waals surface area (Å²) in [4.78, 5) is 13.0. The number of nitrogens with zero attached hydrogens (tertiary/aromatic N) is 1. The van der Waals surface area contributed by atoms with Gasteiger partial charge >= 0.3 is 5.97 Å². The van der Waals surface area contributed by atoms with Crippen LogP contribution >= 0.6 is 0 Å². The monoisotopic (exact) mass is 292 g/mol. The van der Waals surface area contributed by atoms with Crippen molar-refractivity contribution in [1.82, 2.24) is 0 Å². The van der Waals surface area contributed by atoms with Gasteiger partial charge in [0.2, 0.25) is 0 Å². The lowest BCUT2D eigenvalue weighted by molar-refractivity contribution is -0.144. The zero-order valence-electron chi connectivity index (χ0n) is 12.7. The average molecular weight is 292 g/mol. The summed E-state index contributed by atoms with van der Waals surface area (Å²) in [7, 11) is 3.96. The molecule has 1 aromatic rings. The van der Waals surface area contributed by atoms with Crippen molar-refractivity contribution >= 4 is 17.3 Å². The number of hydrogen-bond acceptors (Lipinski definition) is 4. The van der Waals surface area contributed by atoms with Crippen LogP contribution in [0.3, 0.4) is 0 Å². The molecule has 5 nitrogen and oxygen atoms in total. The first-order valence-corrected chi connectivity index (χ1v) is 7.37. The maximum atomic E-state index is 11.0. The first kappa shape index (κ1) is 15.6. The fraction of sp³-hybridized carbons (Fsp3) is 0.562. The van der Waals surface area contributed by atoms with Crippen molar-refractivity contribution in [3.63, 3.8) is 0 Å². The summed E-state index contributed by atoms with van der Waals surface area (Å²) in [6.07, 6.45) is 2.15. The molecule has 1 fully saturated rings. The van der Waals surface area contributed by atoms with Gasteiger partial charge in [-0.15, -0.1) is 0 Å². The quantitative estimate of drug-likeness (QED) is 0.775. The third kappa shape index (κ3) is 3.88. The molecule has 0 bridgehead atoms. The molecule has 3 N–H and O–H groups in total. The van der Waals surface area contributed by atoms with E-state index in [1.165, 1.54) is 0 Å². The van der Waals surface area contributed by atoms with Crippen molar-refractivity contribution in [2.75, 3.05) is 30.9 Å². The van der Waals surface area contributed by atoms with E-state index in [1.54, 1.807) is 0 Å². The van der Waals surface area contributed by atoms with E-state index in [0.717, 1.165) is 11.4 Å². The van der Waals surface area contributed by atoms with E-state index in [9.17, 15) is 9.90 Å². The van der Waals surface area contributed by atoms with Gasteiger partial charge in [0.1, 0.15) is 0 Å². The summed E-state index contributed by atoms with van der Waals surface area (Å²) in [5.41, 5.74) is 1.24. The maximum absolute atomic E-state index is 11.0. The lowest BCUT2D eigenvalue weighted by Crippen LogP contribution is -2.42. The van der Waals surface area contributed by atoms with Gasteiger partial charge < -0.3 is 20.4 Å². The molecule has 5 heteroatoms. The van der Waals surface area contributed by atoms with E-state index in [-0.39, 0.29) is 5.92 Å². The van der Waals surface area contributed by atoms with Gasteiger partial charge in [-0.1, -0.05) is 12.1 Å². The van der Waals surface area contributed by atoms with E-state index in [2.05, 4.69) is 5.32 Å². The Bertz CT molecular complexity index is 494. The number of nitrogens with one attached hydrogen (secondary N) is 1. The highest BCUT2D eigenvalue weighted by Crippen LogP contribution is 2.33. The summed E-state index contributed by atoms with van der Waals surface area (Å²) in [6, 6.07) is 7.95. The number of para-hydroxylation sites is 2. The number of carboxylic acids is 1. The Balaban J connectivity index is 1.96. The molecule has 0 unspecified atom stereocenters. The van der Waals surface area contributed by atoms with Crippen LogP contribution in [-0.4, -0.2) is 42.4 Å². The Hall–Kier alpha value is -1.75. The maximum Gasteiger partial charge on any atom is 0.306 e. The van der Waals surface area contributed by atoms with Crippen molar-refractivity contribution in [1.29, 1.82) is 0 Å². The minimum absolute atomic E-state index is 0.306. The number of carbonyl (C=O) groups is 1. The van der Waals surface area contributed by atoms with E-state index in [4.69, 9.17) is 5.11 Å². The summed E-state index contributed by atoms with van der Waals surface area (Å²) in [6.45, 7) is 0.449. The largest absolute Gasteiger partial charge is 0.481 e. The van der Waals surface area contributed by atoms with E-state index < -0.39 is 11.6 Å². The summed E-state index contributed by atoms with van der Waals surface area (Å²) >= 11 is 0. The highest BCUT2D eigenvalue weighted by atomic mass is 16.4. The van der Waals surface area contributed by atoms with Gasteiger partial charge in [-0.2, -0.15) is 0 Å². The smallest absolute Gasteiger partial charge is 0.306 e. The number of aliphatic hydroxyl groups is 1. The number of carboxylic acid groups (broad SMARTS) is 1. The number of aliphatic carboxylic acids is 1. The molecular formula is C16H24N2O3. The molecule has 0 amide bonds. The van der Waals surface area contributed by atoms with Crippen molar-refractivity contribution < 1.29 is 15.0 Å². The Morgan fingerprint density at radius 1 is 1.33 bits per heavy atom. The second kappa shape index (κ2) is 6.35. The minimum atomic E-state index is -0.814. The number of hydrogen-bond donors (Lipinski definition) is 3. The molecule has 0 radical (unpaired) electrons. The molecule has 0 atom stereocenters. The lowest BCUT2D eigenvalue weighted by Gasteiger charge is -2.35. The van der Waals surface area contributed by atoms with Gasteiger partial charge in [0, 0.05) is 20.6 Å². The Kier molecular flexibility index (Phi) is 4.73. The first-order valence-electron chi connectivity index (χ1n) is 7.37. The van der Waals surface area contributed by atoms with E-state index >= 15 is 0 Å². The Morgan fingerprint density at radius 2 is 1.95 bits per heavy atom. The van der Waals surface area contributed by atoms with E-state index in [1.807, 2.05) is 43.3 Å². The van der Waals surface area contributed by atoms with Crippen LogP contribution in [0.1, 0.15) is 25.7 Å². The second-order valence-electron chi connectivity index (χ2n) is 6.10. The van der Waals surface area contributed by atoms with Gasteiger partial charge in [-0.05, 0) is 37.8 Å². The molecule has 1 saturated carbocycles. The van der Waals surface area contributed by atoms with Gasteiger partial charge in [0.05, 0.1) is 22.9 Å². The molecule has 0 aliphatic heterocycles. The van der Waals surface area contributed by atoms with Crippen molar-refractivity contribution in [2.45, 2.75) is 31.3 Å². The number of rotatable bonds is 5. The van der Waals surface area contributed by atoms with Gasteiger partial charge in [0.15, 0.2) is 0 Å². The number of benzene rings is 1. The second-order valence-corrected chi connectivity index (χ2v) is 6.10. The molecule has 0 spiro atoms. The molecule has 2 rings (SSSR count). The Morgan fingerprint density at radius 3 is 2.52 bits per heavy atom. The fourth-order valence-electron chi connectivity index (χ4n) is 2.85. The molecule has 21 heavy (non-hydrogen) atoms. The Labute approximate surface area is 125 Å². The van der Waals surface area contributed by atoms with Crippen molar-refractivity contribution in [2.24, 2.45) is 5.92 Å². The molecule has 0 heterocycles. The zero-order chi connectivity index (χ0) is 15.5. The first-order chi connectivity index (χ1) is 9.91. The molecule has 1 aliphatic carbocycles. The van der Waals surface area contributed by atoms with Gasteiger partial charge in [0.25, 0.3) is 0 Å². The van der Waals surface area contributed by atoms with Crippen LogP contribution in [0.15, 0.2) is 24.3 Å². The molecule has 0 saturated heterocycles. The standard InChI is InChI=1S/C16H24N2O3/c1-18(2)14-6-4-3-5-13(14)17-11-16(21)9-7-12(8-10-16)15(19)20/h3-6,12,17,21H,7-11H2,1-2H3,(H,19,20). The van der Waals surface area contributed by atoms with Crippen LogP contribution in [0.5, 0.6) is 0 Å². The molecular weight excluding hydrogens is 268 g/mol. The fourth-order valence-corrected chi connectivity index (χ4v) is 2.85. The SMILES string of the molecule is CN(C)c1ccccc1NCC1(O)CCC(C(=O)O)CC1. The van der Waals surface area contributed by atoms with Crippen LogP contribution in [0, 0.1) is 5.92 Å².